The summed E-state index contributed by atoms with van der Waals surface area (Å²) in [7, 11) is 0. The summed E-state index contributed by atoms with van der Waals surface area (Å²) in [6, 6.07) is 4.57. The lowest BCUT2D eigenvalue weighted by Gasteiger charge is -2.21. The fraction of sp³-hybridized carbons (Fsp3) is 0.533. The minimum absolute atomic E-state index is 0.103. The van der Waals surface area contributed by atoms with E-state index < -0.39 is 5.82 Å². The van der Waals surface area contributed by atoms with Gasteiger partial charge in [-0.05, 0) is 40.4 Å². The number of hydrogen-bond donors (Lipinski definition) is 1. The standard InChI is InChI=1S/C15H19BrFNO/c16-12-7-4-8-13(17)14(12)15(19)18-10-9-11-5-2-1-3-6-11/h4,7-8,11H,1-3,5-6,9-10H2,(H,18,19). The quantitative estimate of drug-likeness (QED) is 0.878. The molecule has 1 N–H and O–H groups in total. The maximum absolute atomic E-state index is 13.6. The van der Waals surface area contributed by atoms with Crippen LogP contribution in [-0.4, -0.2) is 12.5 Å². The average molecular weight is 328 g/mol. The smallest absolute Gasteiger partial charge is 0.255 e. The molecule has 0 heterocycles. The highest BCUT2D eigenvalue weighted by molar-refractivity contribution is 9.10. The lowest BCUT2D eigenvalue weighted by atomic mass is 9.87. The summed E-state index contributed by atoms with van der Waals surface area (Å²) in [4.78, 5) is 11.9. The zero-order chi connectivity index (χ0) is 13.7. The SMILES string of the molecule is O=C(NCCC1CCCCC1)c1c(F)cccc1Br. The molecule has 4 heteroatoms. The van der Waals surface area contributed by atoms with Gasteiger partial charge in [0.15, 0.2) is 0 Å². The van der Waals surface area contributed by atoms with Crippen molar-refractivity contribution in [3.63, 3.8) is 0 Å². The van der Waals surface area contributed by atoms with Crippen LogP contribution in [0.5, 0.6) is 0 Å². The Bertz CT molecular complexity index is 424. The Hall–Kier alpha value is -0.900. The molecular formula is C15H19BrFNO. The fourth-order valence-corrected chi connectivity index (χ4v) is 3.19. The van der Waals surface area contributed by atoms with Crippen molar-refractivity contribution in [2.75, 3.05) is 6.54 Å². The topological polar surface area (TPSA) is 29.1 Å². The Balaban J connectivity index is 1.84. The summed E-state index contributed by atoms with van der Waals surface area (Å²) in [5, 5.41) is 2.82. The van der Waals surface area contributed by atoms with Gasteiger partial charge in [0.25, 0.3) is 5.91 Å². The van der Waals surface area contributed by atoms with E-state index >= 15 is 0 Å². The molecule has 0 bridgehead atoms. The van der Waals surface area contributed by atoms with Gasteiger partial charge >= 0.3 is 0 Å². The van der Waals surface area contributed by atoms with Crippen molar-refractivity contribution in [2.45, 2.75) is 38.5 Å². The van der Waals surface area contributed by atoms with Gasteiger partial charge in [0, 0.05) is 11.0 Å². The van der Waals surface area contributed by atoms with Crippen LogP contribution in [0.2, 0.25) is 0 Å². The number of halogens is 2. The summed E-state index contributed by atoms with van der Waals surface area (Å²) in [5.74, 6) is -0.0940. The highest BCUT2D eigenvalue weighted by atomic mass is 79.9. The molecule has 1 aliphatic carbocycles. The molecule has 19 heavy (non-hydrogen) atoms. The molecule has 1 saturated carbocycles. The molecule has 2 nitrogen and oxygen atoms in total. The fourth-order valence-electron chi connectivity index (χ4n) is 2.67. The zero-order valence-electron chi connectivity index (χ0n) is 10.9. The summed E-state index contributed by atoms with van der Waals surface area (Å²) < 4.78 is 14.1. The van der Waals surface area contributed by atoms with Gasteiger partial charge in [-0.1, -0.05) is 38.2 Å². The Kier molecular flexibility index (Phi) is 5.37. The van der Waals surface area contributed by atoms with E-state index in [0.717, 1.165) is 12.3 Å². The van der Waals surface area contributed by atoms with Gasteiger partial charge in [0.1, 0.15) is 5.82 Å². The Morgan fingerprint density at radius 1 is 1.32 bits per heavy atom. The Morgan fingerprint density at radius 2 is 2.05 bits per heavy atom. The number of carbonyl (C=O) groups excluding carboxylic acids is 1. The van der Waals surface area contributed by atoms with Crippen LogP contribution in [0.1, 0.15) is 48.9 Å². The highest BCUT2D eigenvalue weighted by Gasteiger charge is 2.16. The molecule has 0 aliphatic heterocycles. The predicted octanol–water partition coefficient (Wildman–Crippen LogP) is 4.29. The second kappa shape index (κ2) is 7.04. The van der Waals surface area contributed by atoms with Crippen LogP contribution in [0.3, 0.4) is 0 Å². The van der Waals surface area contributed by atoms with Crippen molar-refractivity contribution in [1.82, 2.24) is 5.32 Å². The minimum Gasteiger partial charge on any atom is -0.352 e. The molecule has 0 atom stereocenters. The predicted molar refractivity (Wildman–Crippen MR) is 77.6 cm³/mol. The van der Waals surface area contributed by atoms with Gasteiger partial charge in [-0.3, -0.25) is 4.79 Å². The van der Waals surface area contributed by atoms with E-state index in [1.54, 1.807) is 12.1 Å². The van der Waals surface area contributed by atoms with Gasteiger partial charge in [-0.15, -0.1) is 0 Å². The highest BCUT2D eigenvalue weighted by Crippen LogP contribution is 2.26. The van der Waals surface area contributed by atoms with Crippen LogP contribution in [0.25, 0.3) is 0 Å². The molecule has 1 amide bonds. The third-order valence-corrected chi connectivity index (χ3v) is 4.41. The van der Waals surface area contributed by atoms with Crippen LogP contribution in [0.4, 0.5) is 4.39 Å². The molecule has 1 aromatic rings. The first-order valence-electron chi connectivity index (χ1n) is 6.90. The third-order valence-electron chi connectivity index (χ3n) is 3.75. The lowest BCUT2D eigenvalue weighted by Crippen LogP contribution is -2.27. The van der Waals surface area contributed by atoms with E-state index in [2.05, 4.69) is 21.2 Å². The van der Waals surface area contributed by atoms with Crippen molar-refractivity contribution in [2.24, 2.45) is 5.92 Å². The maximum atomic E-state index is 13.6. The summed E-state index contributed by atoms with van der Waals surface area (Å²) in [5.41, 5.74) is 0.103. The molecule has 2 rings (SSSR count). The van der Waals surface area contributed by atoms with Crippen LogP contribution in [0, 0.1) is 11.7 Å². The van der Waals surface area contributed by atoms with E-state index in [4.69, 9.17) is 0 Å². The first kappa shape index (κ1) is 14.5. The Labute approximate surface area is 121 Å². The van der Waals surface area contributed by atoms with Crippen LogP contribution in [0.15, 0.2) is 22.7 Å². The summed E-state index contributed by atoms with van der Waals surface area (Å²) >= 11 is 3.22. The second-order valence-electron chi connectivity index (χ2n) is 5.15. The van der Waals surface area contributed by atoms with Crippen molar-refractivity contribution in [3.8, 4) is 0 Å². The van der Waals surface area contributed by atoms with Gasteiger partial charge in [-0.25, -0.2) is 4.39 Å². The summed E-state index contributed by atoms with van der Waals surface area (Å²) in [6.45, 7) is 0.629. The van der Waals surface area contributed by atoms with Crippen LogP contribution >= 0.6 is 15.9 Å². The number of benzene rings is 1. The monoisotopic (exact) mass is 327 g/mol. The third kappa shape index (κ3) is 4.03. The van der Waals surface area contributed by atoms with Crippen molar-refractivity contribution in [3.05, 3.63) is 34.1 Å². The van der Waals surface area contributed by atoms with E-state index in [-0.39, 0.29) is 11.5 Å². The van der Waals surface area contributed by atoms with E-state index in [9.17, 15) is 9.18 Å². The maximum Gasteiger partial charge on any atom is 0.255 e. The van der Waals surface area contributed by atoms with Gasteiger partial charge in [-0.2, -0.15) is 0 Å². The Morgan fingerprint density at radius 3 is 2.74 bits per heavy atom. The molecular weight excluding hydrogens is 309 g/mol. The average Bonchev–Trinajstić information content (AvgIpc) is 2.40. The summed E-state index contributed by atoms with van der Waals surface area (Å²) in [6.07, 6.45) is 7.47. The molecule has 0 saturated heterocycles. The van der Waals surface area contributed by atoms with E-state index in [0.29, 0.717) is 11.0 Å². The molecule has 0 aromatic heterocycles. The lowest BCUT2D eigenvalue weighted by molar-refractivity contribution is 0.0945. The molecule has 0 spiro atoms. The molecule has 104 valence electrons. The number of nitrogens with one attached hydrogen (secondary N) is 1. The van der Waals surface area contributed by atoms with Crippen LogP contribution in [-0.2, 0) is 0 Å². The molecule has 0 unspecified atom stereocenters. The number of rotatable bonds is 4. The second-order valence-corrected chi connectivity index (χ2v) is 6.00. The number of amides is 1. The van der Waals surface area contributed by atoms with Crippen molar-refractivity contribution in [1.29, 1.82) is 0 Å². The normalized spacial score (nSPS) is 16.3. The largest absolute Gasteiger partial charge is 0.352 e. The van der Waals surface area contributed by atoms with Gasteiger partial charge < -0.3 is 5.32 Å². The molecule has 1 fully saturated rings. The number of carbonyl (C=O) groups is 1. The van der Waals surface area contributed by atoms with Gasteiger partial charge in [0.05, 0.1) is 5.56 Å². The molecule has 0 radical (unpaired) electrons. The van der Waals surface area contributed by atoms with Gasteiger partial charge in [0.2, 0.25) is 0 Å². The van der Waals surface area contributed by atoms with E-state index in [1.807, 2.05) is 0 Å². The van der Waals surface area contributed by atoms with Crippen molar-refractivity contribution < 1.29 is 9.18 Å². The first-order valence-corrected chi connectivity index (χ1v) is 7.70. The molecule has 1 aliphatic rings. The van der Waals surface area contributed by atoms with E-state index in [1.165, 1.54) is 38.2 Å². The van der Waals surface area contributed by atoms with Crippen molar-refractivity contribution >= 4 is 21.8 Å². The van der Waals surface area contributed by atoms with Crippen LogP contribution < -0.4 is 5.32 Å². The number of hydrogen-bond acceptors (Lipinski definition) is 1. The minimum atomic E-state index is -0.482. The zero-order valence-corrected chi connectivity index (χ0v) is 12.5. The molecule has 1 aromatic carbocycles. The first-order chi connectivity index (χ1) is 9.18.